The summed E-state index contributed by atoms with van der Waals surface area (Å²) >= 11 is 0. The van der Waals surface area contributed by atoms with Gasteiger partial charge in [0.15, 0.2) is 0 Å². The minimum absolute atomic E-state index is 0.231. The maximum absolute atomic E-state index is 11.1. The van der Waals surface area contributed by atoms with Crippen LogP contribution in [0.15, 0.2) is 36.4 Å². The van der Waals surface area contributed by atoms with Crippen molar-refractivity contribution in [3.05, 3.63) is 42.0 Å². The first-order valence-corrected chi connectivity index (χ1v) is 7.14. The second kappa shape index (κ2) is 9.19. The summed E-state index contributed by atoms with van der Waals surface area (Å²) in [6.07, 6.45) is 0. The van der Waals surface area contributed by atoms with E-state index in [9.17, 15) is 4.79 Å². The number of carbonyl (C=O) groups excluding carboxylic acids is 1. The normalized spacial score (nSPS) is 10.5. The molecule has 1 aromatic rings. The largest absolute Gasteiger partial charge is 0.491 e. The second-order valence-electron chi connectivity index (χ2n) is 5.10. The fraction of sp³-hybridized carbons (Fsp3) is 0.471. The first kappa shape index (κ1) is 17.2. The van der Waals surface area contributed by atoms with E-state index in [-0.39, 0.29) is 12.6 Å². The van der Waals surface area contributed by atoms with E-state index < -0.39 is 0 Å². The van der Waals surface area contributed by atoms with E-state index >= 15 is 0 Å². The summed E-state index contributed by atoms with van der Waals surface area (Å²) in [5, 5.41) is 0. The minimum atomic E-state index is -0.389. The maximum atomic E-state index is 11.1. The van der Waals surface area contributed by atoms with Crippen molar-refractivity contribution >= 4 is 5.97 Å². The molecule has 1 aromatic carbocycles. The van der Waals surface area contributed by atoms with Crippen LogP contribution in [0.5, 0.6) is 5.75 Å². The van der Waals surface area contributed by atoms with E-state index in [1.54, 1.807) is 6.92 Å². The highest BCUT2D eigenvalue weighted by atomic mass is 16.6. The van der Waals surface area contributed by atoms with Crippen LogP contribution in [0.4, 0.5) is 0 Å². The number of benzene rings is 1. The molecule has 4 heteroatoms. The summed E-state index contributed by atoms with van der Waals surface area (Å²) in [6, 6.07) is 8.06. The van der Waals surface area contributed by atoms with Gasteiger partial charge in [-0.1, -0.05) is 32.6 Å². The van der Waals surface area contributed by atoms with Crippen molar-refractivity contribution in [3.8, 4) is 5.75 Å². The molecule has 0 fully saturated rings. The fourth-order valence-electron chi connectivity index (χ4n) is 1.59. The molecule has 0 N–H and O–H groups in total. The van der Waals surface area contributed by atoms with Crippen LogP contribution in [-0.2, 0) is 14.3 Å². The first-order chi connectivity index (χ1) is 10.0. The molecule has 0 bridgehead atoms. The summed E-state index contributed by atoms with van der Waals surface area (Å²) in [7, 11) is 0. The Morgan fingerprint density at radius 2 is 1.71 bits per heavy atom. The van der Waals surface area contributed by atoms with Crippen molar-refractivity contribution in [2.75, 3.05) is 26.4 Å². The number of hydrogen-bond acceptors (Lipinski definition) is 4. The lowest BCUT2D eigenvalue weighted by Crippen LogP contribution is -2.13. The lowest BCUT2D eigenvalue weighted by atomic mass is 10.0. The van der Waals surface area contributed by atoms with Crippen LogP contribution in [0.25, 0.3) is 0 Å². The van der Waals surface area contributed by atoms with Crippen LogP contribution >= 0.6 is 0 Å². The molecule has 0 unspecified atom stereocenters. The van der Waals surface area contributed by atoms with Gasteiger partial charge >= 0.3 is 5.97 Å². The van der Waals surface area contributed by atoms with Crippen LogP contribution in [0.1, 0.15) is 32.3 Å². The molecule has 0 amide bonds. The molecule has 0 heterocycles. The van der Waals surface area contributed by atoms with Gasteiger partial charge in [-0.2, -0.15) is 0 Å². The number of ether oxygens (including phenoxy) is 3. The minimum Gasteiger partial charge on any atom is -0.491 e. The Labute approximate surface area is 126 Å². The average molecular weight is 292 g/mol. The van der Waals surface area contributed by atoms with Crippen LogP contribution < -0.4 is 4.74 Å². The Hall–Kier alpha value is -1.81. The molecular formula is C17H24O4. The molecule has 0 aromatic heterocycles. The molecule has 0 aliphatic rings. The molecule has 1 rings (SSSR count). The average Bonchev–Trinajstić information content (AvgIpc) is 2.46. The van der Waals surface area contributed by atoms with Crippen molar-refractivity contribution in [1.29, 1.82) is 0 Å². The Balaban J connectivity index is 2.09. The molecular weight excluding hydrogens is 268 g/mol. The van der Waals surface area contributed by atoms with E-state index in [0.717, 1.165) is 5.75 Å². The number of rotatable bonds is 9. The van der Waals surface area contributed by atoms with Gasteiger partial charge in [-0.3, -0.25) is 0 Å². The van der Waals surface area contributed by atoms with Gasteiger partial charge in [0.1, 0.15) is 19.0 Å². The van der Waals surface area contributed by atoms with Gasteiger partial charge < -0.3 is 14.2 Å². The molecule has 0 aliphatic heterocycles. The summed E-state index contributed by atoms with van der Waals surface area (Å²) < 4.78 is 15.8. The summed E-state index contributed by atoms with van der Waals surface area (Å²) in [5.41, 5.74) is 1.68. The molecule has 0 aliphatic carbocycles. The summed E-state index contributed by atoms with van der Waals surface area (Å²) in [5.74, 6) is 0.959. The lowest BCUT2D eigenvalue weighted by Gasteiger charge is -2.09. The lowest BCUT2D eigenvalue weighted by molar-refractivity contribution is -0.140. The van der Waals surface area contributed by atoms with E-state index in [1.807, 2.05) is 12.1 Å². The highest BCUT2D eigenvalue weighted by molar-refractivity contribution is 5.86. The molecule has 0 atom stereocenters. The first-order valence-electron chi connectivity index (χ1n) is 7.14. The van der Waals surface area contributed by atoms with E-state index in [2.05, 4.69) is 32.6 Å². The number of hydrogen-bond donors (Lipinski definition) is 0. The van der Waals surface area contributed by atoms with E-state index in [1.165, 1.54) is 5.56 Å². The zero-order valence-corrected chi connectivity index (χ0v) is 13.1. The van der Waals surface area contributed by atoms with Crippen LogP contribution in [-0.4, -0.2) is 32.4 Å². The van der Waals surface area contributed by atoms with Gasteiger partial charge in [-0.05, 0) is 30.5 Å². The van der Waals surface area contributed by atoms with Gasteiger partial charge in [0.25, 0.3) is 0 Å². The number of esters is 1. The van der Waals surface area contributed by atoms with Gasteiger partial charge in [0.05, 0.1) is 13.2 Å². The Morgan fingerprint density at radius 3 is 2.29 bits per heavy atom. The zero-order valence-electron chi connectivity index (χ0n) is 13.1. The van der Waals surface area contributed by atoms with Gasteiger partial charge in [0.2, 0.25) is 0 Å². The van der Waals surface area contributed by atoms with E-state index in [4.69, 9.17) is 14.2 Å². The van der Waals surface area contributed by atoms with Crippen LogP contribution in [0.3, 0.4) is 0 Å². The third-order valence-corrected chi connectivity index (χ3v) is 2.85. The molecule has 0 spiro atoms. The summed E-state index contributed by atoms with van der Waals surface area (Å²) in [4.78, 5) is 11.1. The van der Waals surface area contributed by atoms with Crippen molar-refractivity contribution in [1.82, 2.24) is 0 Å². The maximum Gasteiger partial charge on any atom is 0.333 e. The van der Waals surface area contributed by atoms with Crippen molar-refractivity contribution in [3.63, 3.8) is 0 Å². The summed E-state index contributed by atoms with van der Waals surface area (Å²) in [6.45, 7) is 10.9. The molecule has 0 saturated heterocycles. The molecule has 0 saturated carbocycles. The molecule has 4 nitrogen and oxygen atoms in total. The predicted molar refractivity (Wildman–Crippen MR) is 82.6 cm³/mol. The molecule has 0 radical (unpaired) electrons. The standard InChI is InChI=1S/C17H24O4/c1-13(2)15-5-7-16(8-6-15)20-11-9-19-10-12-21-17(18)14(3)4/h5-8,13H,3,9-12H2,1-2,4H3. The third-order valence-electron chi connectivity index (χ3n) is 2.85. The second-order valence-corrected chi connectivity index (χ2v) is 5.10. The third kappa shape index (κ3) is 6.95. The smallest absolute Gasteiger partial charge is 0.333 e. The van der Waals surface area contributed by atoms with Gasteiger partial charge in [-0.15, -0.1) is 0 Å². The SMILES string of the molecule is C=C(C)C(=O)OCCOCCOc1ccc(C(C)C)cc1. The molecule has 21 heavy (non-hydrogen) atoms. The fourth-order valence-corrected chi connectivity index (χ4v) is 1.59. The zero-order chi connectivity index (χ0) is 15.7. The Kier molecular flexibility index (Phi) is 7.54. The quantitative estimate of drug-likeness (QED) is 0.398. The van der Waals surface area contributed by atoms with Gasteiger partial charge in [0, 0.05) is 5.57 Å². The Morgan fingerprint density at radius 1 is 1.10 bits per heavy atom. The number of carbonyl (C=O) groups is 1. The van der Waals surface area contributed by atoms with Crippen LogP contribution in [0, 0.1) is 0 Å². The highest BCUT2D eigenvalue weighted by Crippen LogP contribution is 2.18. The van der Waals surface area contributed by atoms with Crippen molar-refractivity contribution in [2.24, 2.45) is 0 Å². The topological polar surface area (TPSA) is 44.8 Å². The predicted octanol–water partition coefficient (Wildman–Crippen LogP) is 3.32. The Bertz CT molecular complexity index is 448. The van der Waals surface area contributed by atoms with Gasteiger partial charge in [-0.25, -0.2) is 4.79 Å². The van der Waals surface area contributed by atoms with Crippen molar-refractivity contribution in [2.45, 2.75) is 26.7 Å². The molecule has 116 valence electrons. The van der Waals surface area contributed by atoms with Crippen LogP contribution in [0.2, 0.25) is 0 Å². The monoisotopic (exact) mass is 292 g/mol. The van der Waals surface area contributed by atoms with E-state index in [0.29, 0.717) is 31.3 Å². The highest BCUT2D eigenvalue weighted by Gasteiger charge is 2.02. The van der Waals surface area contributed by atoms with Crippen molar-refractivity contribution < 1.29 is 19.0 Å².